The second-order valence-electron chi connectivity index (χ2n) is 3.53. The highest BCUT2D eigenvalue weighted by atomic mass is 32.1. The van der Waals surface area contributed by atoms with E-state index in [2.05, 4.69) is 10.3 Å². The van der Waals surface area contributed by atoms with Gasteiger partial charge in [-0.2, -0.15) is 0 Å². The van der Waals surface area contributed by atoms with Crippen molar-refractivity contribution in [1.82, 2.24) is 4.98 Å². The number of halogens is 2. The Morgan fingerprint density at radius 2 is 2.18 bits per heavy atom. The van der Waals surface area contributed by atoms with E-state index in [1.165, 1.54) is 12.1 Å². The largest absolute Gasteiger partial charge is 0.378 e. The molecule has 2 rings (SSSR count). The molecular formula is C12H12F2N2S. The Hall–Kier alpha value is -1.49. The summed E-state index contributed by atoms with van der Waals surface area (Å²) in [7, 11) is 0. The monoisotopic (exact) mass is 254 g/mol. The van der Waals surface area contributed by atoms with Crippen LogP contribution in [0.15, 0.2) is 24.4 Å². The van der Waals surface area contributed by atoms with E-state index in [1.54, 1.807) is 17.5 Å². The molecule has 0 fully saturated rings. The van der Waals surface area contributed by atoms with Crippen LogP contribution in [-0.4, -0.2) is 4.98 Å². The van der Waals surface area contributed by atoms with Crippen molar-refractivity contribution in [3.63, 3.8) is 0 Å². The van der Waals surface area contributed by atoms with Crippen LogP contribution in [-0.2, 0) is 13.0 Å². The van der Waals surface area contributed by atoms with Gasteiger partial charge in [-0.15, -0.1) is 11.3 Å². The fourth-order valence-electron chi connectivity index (χ4n) is 1.42. The van der Waals surface area contributed by atoms with Crippen LogP contribution in [0.1, 0.15) is 16.8 Å². The van der Waals surface area contributed by atoms with Crippen LogP contribution >= 0.6 is 11.3 Å². The summed E-state index contributed by atoms with van der Waals surface area (Å²) in [4.78, 5) is 5.20. The summed E-state index contributed by atoms with van der Waals surface area (Å²) < 4.78 is 26.3. The predicted molar refractivity (Wildman–Crippen MR) is 65.2 cm³/mol. The first-order valence-corrected chi connectivity index (χ1v) is 6.13. The SMILES string of the molecule is CCc1ncc(CNc2cccc(F)c2F)s1. The molecule has 0 radical (unpaired) electrons. The maximum absolute atomic E-state index is 13.3. The molecule has 0 atom stereocenters. The molecule has 2 aromatic rings. The van der Waals surface area contributed by atoms with Gasteiger partial charge < -0.3 is 5.32 Å². The second kappa shape index (κ2) is 5.23. The summed E-state index contributed by atoms with van der Waals surface area (Å²) in [5.41, 5.74) is 0.177. The maximum atomic E-state index is 13.3. The number of benzene rings is 1. The Bertz CT molecular complexity index is 511. The lowest BCUT2D eigenvalue weighted by Gasteiger charge is -2.05. The van der Waals surface area contributed by atoms with Gasteiger partial charge in [0.15, 0.2) is 11.6 Å². The highest BCUT2D eigenvalue weighted by molar-refractivity contribution is 7.11. The molecule has 5 heteroatoms. The molecule has 0 saturated carbocycles. The number of nitrogens with one attached hydrogen (secondary N) is 1. The predicted octanol–water partition coefficient (Wildman–Crippen LogP) is 3.60. The molecule has 0 aliphatic heterocycles. The summed E-state index contributed by atoms with van der Waals surface area (Å²) in [5, 5.41) is 3.91. The van der Waals surface area contributed by atoms with Gasteiger partial charge in [-0.3, -0.25) is 0 Å². The van der Waals surface area contributed by atoms with Gasteiger partial charge >= 0.3 is 0 Å². The molecule has 1 N–H and O–H groups in total. The summed E-state index contributed by atoms with van der Waals surface area (Å²) in [6.45, 7) is 2.49. The number of hydrogen-bond acceptors (Lipinski definition) is 3. The smallest absolute Gasteiger partial charge is 0.181 e. The number of aromatic nitrogens is 1. The molecule has 0 bridgehead atoms. The van der Waals surface area contributed by atoms with Crippen molar-refractivity contribution in [2.24, 2.45) is 0 Å². The zero-order chi connectivity index (χ0) is 12.3. The molecule has 17 heavy (non-hydrogen) atoms. The third kappa shape index (κ3) is 2.79. The number of rotatable bonds is 4. The minimum Gasteiger partial charge on any atom is -0.378 e. The molecule has 0 saturated heterocycles. The van der Waals surface area contributed by atoms with E-state index in [0.29, 0.717) is 6.54 Å². The maximum Gasteiger partial charge on any atom is 0.181 e. The van der Waals surface area contributed by atoms with Gasteiger partial charge in [0.1, 0.15) is 0 Å². The van der Waals surface area contributed by atoms with Crippen molar-refractivity contribution in [3.05, 3.63) is 45.9 Å². The van der Waals surface area contributed by atoms with Gasteiger partial charge in [0.25, 0.3) is 0 Å². The lowest BCUT2D eigenvalue weighted by molar-refractivity contribution is 0.511. The molecule has 0 aliphatic carbocycles. The van der Waals surface area contributed by atoms with Crippen LogP contribution in [0.25, 0.3) is 0 Å². The van der Waals surface area contributed by atoms with Crippen molar-refractivity contribution in [3.8, 4) is 0 Å². The standard InChI is InChI=1S/C12H12F2N2S/c1-2-11-16-7-8(17-11)6-15-10-5-3-4-9(13)12(10)14/h3-5,7,15H,2,6H2,1H3. The van der Waals surface area contributed by atoms with E-state index < -0.39 is 11.6 Å². The molecule has 0 unspecified atom stereocenters. The molecule has 1 aromatic carbocycles. The minimum atomic E-state index is -0.840. The number of thiazole rings is 1. The van der Waals surface area contributed by atoms with E-state index in [-0.39, 0.29) is 5.69 Å². The highest BCUT2D eigenvalue weighted by Crippen LogP contribution is 2.19. The number of anilines is 1. The summed E-state index contributed by atoms with van der Waals surface area (Å²) in [6, 6.07) is 4.09. The molecule has 2 nitrogen and oxygen atoms in total. The third-order valence-electron chi connectivity index (χ3n) is 2.31. The van der Waals surface area contributed by atoms with E-state index in [1.807, 2.05) is 6.92 Å². The van der Waals surface area contributed by atoms with Gasteiger partial charge in [-0.05, 0) is 18.6 Å². The normalized spacial score (nSPS) is 10.5. The van der Waals surface area contributed by atoms with Crippen molar-refractivity contribution < 1.29 is 8.78 Å². The van der Waals surface area contributed by atoms with Crippen molar-refractivity contribution in [1.29, 1.82) is 0 Å². The van der Waals surface area contributed by atoms with Crippen molar-refractivity contribution in [2.45, 2.75) is 19.9 Å². The molecule has 1 heterocycles. The second-order valence-corrected chi connectivity index (χ2v) is 4.73. The van der Waals surface area contributed by atoms with Crippen LogP contribution in [0.5, 0.6) is 0 Å². The lowest BCUT2D eigenvalue weighted by atomic mass is 10.3. The van der Waals surface area contributed by atoms with E-state index >= 15 is 0 Å². The number of aryl methyl sites for hydroxylation is 1. The molecule has 0 amide bonds. The molecule has 0 aliphatic rings. The first-order chi connectivity index (χ1) is 8.20. The minimum absolute atomic E-state index is 0.177. The van der Waals surface area contributed by atoms with Crippen molar-refractivity contribution >= 4 is 17.0 Å². The number of hydrogen-bond donors (Lipinski definition) is 1. The van der Waals surface area contributed by atoms with Gasteiger partial charge in [0.05, 0.1) is 17.2 Å². The Morgan fingerprint density at radius 1 is 1.35 bits per heavy atom. The Balaban J connectivity index is 2.04. The van der Waals surface area contributed by atoms with Gasteiger partial charge in [-0.1, -0.05) is 13.0 Å². The summed E-state index contributed by atoms with van der Waals surface area (Å²) >= 11 is 1.57. The number of nitrogens with zero attached hydrogens (tertiary/aromatic N) is 1. The quantitative estimate of drug-likeness (QED) is 0.901. The van der Waals surface area contributed by atoms with E-state index in [0.717, 1.165) is 22.4 Å². The zero-order valence-electron chi connectivity index (χ0n) is 9.34. The zero-order valence-corrected chi connectivity index (χ0v) is 10.2. The average molecular weight is 254 g/mol. The van der Waals surface area contributed by atoms with Crippen LogP contribution < -0.4 is 5.32 Å². The van der Waals surface area contributed by atoms with Crippen LogP contribution in [0.3, 0.4) is 0 Å². The lowest BCUT2D eigenvalue weighted by Crippen LogP contribution is -2.01. The van der Waals surface area contributed by atoms with Gasteiger partial charge in [0.2, 0.25) is 0 Å². The summed E-state index contributed by atoms with van der Waals surface area (Å²) in [5.74, 6) is -1.68. The fraction of sp³-hybridized carbons (Fsp3) is 0.250. The topological polar surface area (TPSA) is 24.9 Å². The molecule has 90 valence electrons. The van der Waals surface area contributed by atoms with Crippen LogP contribution in [0.4, 0.5) is 14.5 Å². The Labute approximate surface area is 102 Å². The van der Waals surface area contributed by atoms with Crippen LogP contribution in [0, 0.1) is 11.6 Å². The molecule has 0 spiro atoms. The Kier molecular flexibility index (Phi) is 3.68. The fourth-order valence-corrected chi connectivity index (χ4v) is 2.22. The summed E-state index contributed by atoms with van der Waals surface area (Å²) in [6.07, 6.45) is 2.65. The Morgan fingerprint density at radius 3 is 2.88 bits per heavy atom. The molecular weight excluding hydrogens is 242 g/mol. The first kappa shape index (κ1) is 12.0. The average Bonchev–Trinajstić information content (AvgIpc) is 2.79. The van der Waals surface area contributed by atoms with E-state index in [4.69, 9.17) is 0 Å². The van der Waals surface area contributed by atoms with Crippen molar-refractivity contribution in [2.75, 3.05) is 5.32 Å². The van der Waals surface area contributed by atoms with Gasteiger partial charge in [0, 0.05) is 11.1 Å². The van der Waals surface area contributed by atoms with E-state index in [9.17, 15) is 8.78 Å². The van der Waals surface area contributed by atoms with Crippen LogP contribution in [0.2, 0.25) is 0 Å². The highest BCUT2D eigenvalue weighted by Gasteiger charge is 2.07. The first-order valence-electron chi connectivity index (χ1n) is 5.32. The molecule has 1 aromatic heterocycles. The third-order valence-corrected chi connectivity index (χ3v) is 3.45. The van der Waals surface area contributed by atoms with Gasteiger partial charge in [-0.25, -0.2) is 13.8 Å².